The van der Waals surface area contributed by atoms with Crippen molar-refractivity contribution in [3.63, 3.8) is 0 Å². The first kappa shape index (κ1) is 32.3. The molecule has 1 aromatic heterocycles. The van der Waals surface area contributed by atoms with Crippen LogP contribution in [0.15, 0.2) is 60.7 Å². The second kappa shape index (κ2) is 14.2. The third kappa shape index (κ3) is 8.92. The zero-order valence-corrected chi connectivity index (χ0v) is 26.9. The first-order chi connectivity index (χ1) is 20.5. The minimum Gasteiger partial charge on any atom is -0.364 e. The number of rotatable bonds is 14. The van der Waals surface area contributed by atoms with Gasteiger partial charge in [-0.1, -0.05) is 29.3 Å². The van der Waals surface area contributed by atoms with Crippen molar-refractivity contribution in [1.29, 1.82) is 0 Å². The van der Waals surface area contributed by atoms with Crippen LogP contribution in [0.1, 0.15) is 59.8 Å². The molecule has 0 saturated carbocycles. The van der Waals surface area contributed by atoms with E-state index in [9.17, 15) is 13.2 Å². The lowest BCUT2D eigenvalue weighted by atomic mass is 9.98. The number of anilines is 1. The summed E-state index contributed by atoms with van der Waals surface area (Å²) in [6, 6.07) is 20.1. The first-order valence-corrected chi connectivity index (χ1v) is 16.9. The van der Waals surface area contributed by atoms with Crippen LogP contribution >= 0.6 is 0 Å². The van der Waals surface area contributed by atoms with E-state index in [1.807, 2.05) is 44.2 Å². The highest BCUT2D eigenvalue weighted by Gasteiger charge is 2.18. The molecule has 0 saturated heterocycles. The van der Waals surface area contributed by atoms with Crippen LogP contribution in [-0.4, -0.2) is 56.4 Å². The third-order valence-electron chi connectivity index (χ3n) is 7.56. The third-order valence-corrected chi connectivity index (χ3v) is 8.17. The van der Waals surface area contributed by atoms with Gasteiger partial charge in [-0.05, 0) is 120 Å². The normalized spacial score (nSPS) is 12.5. The van der Waals surface area contributed by atoms with Crippen molar-refractivity contribution >= 4 is 32.6 Å². The Morgan fingerprint density at radius 3 is 2.26 bits per heavy atom. The molecule has 0 radical (unpaired) electrons. The van der Waals surface area contributed by atoms with E-state index >= 15 is 0 Å². The predicted octanol–water partition coefficient (Wildman–Crippen LogP) is 6.39. The molecule has 3 N–H and O–H groups in total. The molecule has 0 aliphatic carbocycles. The van der Waals surface area contributed by atoms with E-state index in [2.05, 4.69) is 54.0 Å². The number of nitrogens with zero attached hydrogens (tertiary/aromatic N) is 1. The number of sulfonamides is 1. The van der Waals surface area contributed by atoms with Gasteiger partial charge in [0.15, 0.2) is 0 Å². The van der Waals surface area contributed by atoms with Crippen molar-refractivity contribution in [2.45, 2.75) is 59.9 Å². The minimum atomic E-state index is -3.28. The van der Waals surface area contributed by atoms with E-state index in [0.717, 1.165) is 59.8 Å². The molecule has 0 aliphatic heterocycles. The number of aromatic nitrogens is 1. The fourth-order valence-corrected chi connectivity index (χ4v) is 5.97. The number of aryl methyl sites for hydroxylation is 3. The molecule has 230 valence electrons. The smallest absolute Gasteiger partial charge is 0.357 e. The average molecular weight is 605 g/mol. The Kier molecular flexibility index (Phi) is 10.7. The van der Waals surface area contributed by atoms with E-state index in [1.165, 1.54) is 16.7 Å². The number of benzene rings is 3. The van der Waals surface area contributed by atoms with E-state index < -0.39 is 10.0 Å². The molecule has 8 nitrogen and oxygen atoms in total. The molecule has 1 unspecified atom stereocenters. The molecule has 9 heteroatoms. The lowest BCUT2D eigenvalue weighted by Gasteiger charge is -2.17. The highest BCUT2D eigenvalue weighted by atomic mass is 32.2. The van der Waals surface area contributed by atoms with Crippen LogP contribution in [0.25, 0.3) is 22.2 Å². The monoisotopic (exact) mass is 604 g/mol. The summed E-state index contributed by atoms with van der Waals surface area (Å²) in [7, 11) is -3.28. The predicted molar refractivity (Wildman–Crippen MR) is 176 cm³/mol. The Labute approximate surface area is 255 Å². The number of fused-ring (bicyclic) bond motifs is 1. The average Bonchev–Trinajstić information content (AvgIpc) is 3.32. The molecule has 1 atom stereocenters. The van der Waals surface area contributed by atoms with Crippen molar-refractivity contribution in [3.8, 4) is 11.3 Å². The van der Waals surface area contributed by atoms with Crippen LogP contribution in [-0.2, 0) is 27.7 Å². The van der Waals surface area contributed by atoms with Gasteiger partial charge in [-0.25, -0.2) is 13.2 Å². The number of hydrogen-bond donors (Lipinski definition) is 3. The summed E-state index contributed by atoms with van der Waals surface area (Å²) in [6.45, 7) is 12.4. The van der Waals surface area contributed by atoms with Crippen LogP contribution in [0, 0.1) is 13.8 Å². The van der Waals surface area contributed by atoms with Gasteiger partial charge in [-0.2, -0.15) is 0 Å². The summed E-state index contributed by atoms with van der Waals surface area (Å²) in [5.74, 6) is -0.349. The molecule has 0 spiro atoms. The minimum absolute atomic E-state index is 0.281. The second-order valence-electron chi connectivity index (χ2n) is 11.3. The van der Waals surface area contributed by atoms with Gasteiger partial charge >= 0.3 is 5.97 Å². The number of carbonyl (C=O) groups excluding carboxylic acids is 1. The fraction of sp³-hybridized carbons (Fsp3) is 0.382. The quantitative estimate of drug-likeness (QED) is 0.144. The van der Waals surface area contributed by atoms with E-state index in [4.69, 9.17) is 4.84 Å². The van der Waals surface area contributed by atoms with Crippen molar-refractivity contribution < 1.29 is 18.0 Å². The van der Waals surface area contributed by atoms with E-state index in [0.29, 0.717) is 24.3 Å². The zero-order valence-electron chi connectivity index (χ0n) is 26.1. The van der Waals surface area contributed by atoms with Gasteiger partial charge in [0.2, 0.25) is 10.0 Å². The summed E-state index contributed by atoms with van der Waals surface area (Å²) >= 11 is 0. The summed E-state index contributed by atoms with van der Waals surface area (Å²) < 4.78 is 25.4. The first-order valence-electron chi connectivity index (χ1n) is 15.0. The number of carbonyl (C=O) groups is 1. The SMILES string of the molecule is CCN(CC)OC(=O)c1ccc2[nH]c(-c3cc(C)cc(C)c3)c(CCNC(C)CCc3ccc(NS(C)(=O)=O)cc3)c2c1. The molecular formula is C34H44N4O4S. The van der Waals surface area contributed by atoms with Gasteiger partial charge in [0.25, 0.3) is 0 Å². The van der Waals surface area contributed by atoms with Crippen LogP contribution in [0.2, 0.25) is 0 Å². The second-order valence-corrected chi connectivity index (χ2v) is 13.1. The Bertz CT molecular complexity index is 1640. The van der Waals surface area contributed by atoms with Crippen molar-refractivity contribution in [3.05, 3.63) is 88.5 Å². The lowest BCUT2D eigenvalue weighted by Crippen LogP contribution is -2.28. The van der Waals surface area contributed by atoms with Gasteiger partial charge in [0.05, 0.1) is 11.8 Å². The standard InChI is InChI=1S/C34H44N4O4S/c1-7-38(8-2)42-34(39)27-13-16-32-31(22-27)30(33(36-32)28-20-23(3)19-24(4)21-28)17-18-35-25(5)9-10-26-11-14-29(15-12-26)37-43(6,40)41/h11-16,19-22,25,35-37H,7-10,17-18H2,1-6H3. The molecule has 0 amide bonds. The van der Waals surface area contributed by atoms with Crippen LogP contribution in [0.4, 0.5) is 5.69 Å². The molecule has 4 rings (SSSR count). The van der Waals surface area contributed by atoms with E-state index in [1.54, 1.807) is 17.2 Å². The Hall–Kier alpha value is -3.66. The van der Waals surface area contributed by atoms with Crippen molar-refractivity contribution in [1.82, 2.24) is 15.4 Å². The van der Waals surface area contributed by atoms with Crippen LogP contribution < -0.4 is 10.0 Å². The number of nitrogens with one attached hydrogen (secondary N) is 3. The maximum absolute atomic E-state index is 12.9. The molecule has 0 aliphatic rings. The van der Waals surface area contributed by atoms with Crippen LogP contribution in [0.3, 0.4) is 0 Å². The summed E-state index contributed by atoms with van der Waals surface area (Å²) in [4.78, 5) is 22.2. The van der Waals surface area contributed by atoms with Crippen molar-refractivity contribution in [2.75, 3.05) is 30.6 Å². The molecule has 43 heavy (non-hydrogen) atoms. The number of H-pyrrole nitrogens is 1. The Morgan fingerprint density at radius 1 is 0.953 bits per heavy atom. The Balaban J connectivity index is 1.50. The maximum atomic E-state index is 12.9. The number of hydrogen-bond acceptors (Lipinski definition) is 6. The van der Waals surface area contributed by atoms with Crippen LogP contribution in [0.5, 0.6) is 0 Å². The van der Waals surface area contributed by atoms with E-state index in [-0.39, 0.29) is 12.0 Å². The molecule has 3 aromatic carbocycles. The number of hydroxylamine groups is 2. The van der Waals surface area contributed by atoms with Gasteiger partial charge in [0, 0.05) is 41.4 Å². The Morgan fingerprint density at radius 2 is 1.63 bits per heavy atom. The topological polar surface area (TPSA) is 104 Å². The molecule has 0 fully saturated rings. The van der Waals surface area contributed by atoms with Gasteiger partial charge in [0.1, 0.15) is 0 Å². The fourth-order valence-electron chi connectivity index (χ4n) is 5.40. The summed E-state index contributed by atoms with van der Waals surface area (Å²) in [5.41, 5.74) is 9.05. The summed E-state index contributed by atoms with van der Waals surface area (Å²) in [5, 5.41) is 6.35. The molecular weight excluding hydrogens is 560 g/mol. The molecule has 0 bridgehead atoms. The van der Waals surface area contributed by atoms with Crippen molar-refractivity contribution in [2.24, 2.45) is 0 Å². The lowest BCUT2D eigenvalue weighted by molar-refractivity contribution is -0.103. The zero-order chi connectivity index (χ0) is 31.1. The highest BCUT2D eigenvalue weighted by Crippen LogP contribution is 2.33. The number of aromatic amines is 1. The highest BCUT2D eigenvalue weighted by molar-refractivity contribution is 7.92. The van der Waals surface area contributed by atoms with Gasteiger partial charge in [-0.15, -0.1) is 5.06 Å². The van der Waals surface area contributed by atoms with Gasteiger partial charge < -0.3 is 15.1 Å². The maximum Gasteiger partial charge on any atom is 0.357 e. The molecule has 4 aromatic rings. The largest absolute Gasteiger partial charge is 0.364 e. The summed E-state index contributed by atoms with van der Waals surface area (Å²) in [6.07, 6.45) is 3.76. The van der Waals surface area contributed by atoms with Gasteiger partial charge in [-0.3, -0.25) is 4.72 Å². The molecule has 1 heterocycles.